The van der Waals surface area contributed by atoms with E-state index in [1.54, 1.807) is 12.1 Å². The van der Waals surface area contributed by atoms with Crippen molar-refractivity contribution in [3.63, 3.8) is 0 Å². The third kappa shape index (κ3) is 4.52. The number of carbonyl (C=O) groups is 1. The molecule has 1 aromatic heterocycles. The number of aromatic carboxylic acids is 1. The number of thioether (sulfide) groups is 1. The highest BCUT2D eigenvalue weighted by Gasteiger charge is 2.19. The van der Waals surface area contributed by atoms with E-state index in [0.717, 1.165) is 46.3 Å². The number of nitrogens with two attached hydrogens (primary N) is 1. The Morgan fingerprint density at radius 2 is 1.80 bits per heavy atom. The number of nitrogens with one attached hydrogen (secondary N) is 1. The molecule has 0 bridgehead atoms. The Bertz CT molecular complexity index is 1150. The van der Waals surface area contributed by atoms with E-state index in [0.29, 0.717) is 5.56 Å². The maximum Gasteiger partial charge on any atom is 0.335 e. The number of carboxylic acid groups (broad SMARTS) is 1. The number of fused-ring (bicyclic) bond motifs is 1. The van der Waals surface area contributed by atoms with Crippen LogP contribution in [0.3, 0.4) is 0 Å². The highest BCUT2D eigenvalue weighted by Crippen LogP contribution is 2.38. The molecule has 0 spiro atoms. The number of H-pyrrole nitrogens is 1. The first-order valence-electron chi connectivity index (χ1n) is 9.95. The lowest BCUT2D eigenvalue weighted by Crippen LogP contribution is -2.04. The van der Waals surface area contributed by atoms with Crippen molar-refractivity contribution >= 4 is 34.3 Å². The summed E-state index contributed by atoms with van der Waals surface area (Å²) < 4.78 is 0. The van der Waals surface area contributed by atoms with Crippen molar-refractivity contribution in [2.24, 2.45) is 0 Å². The molecule has 1 unspecified atom stereocenters. The maximum absolute atomic E-state index is 11.5. The predicted octanol–water partition coefficient (Wildman–Crippen LogP) is 5.71. The van der Waals surface area contributed by atoms with Gasteiger partial charge in [0.1, 0.15) is 0 Å². The van der Waals surface area contributed by atoms with E-state index >= 15 is 0 Å². The molecule has 4 rings (SSSR count). The summed E-state index contributed by atoms with van der Waals surface area (Å²) in [5.74, 6) is 0.0526. The van der Waals surface area contributed by atoms with E-state index in [1.807, 2.05) is 48.3 Å². The summed E-state index contributed by atoms with van der Waals surface area (Å²) in [6.07, 6.45) is 3.78. The molecule has 0 fully saturated rings. The molecule has 0 aliphatic rings. The minimum Gasteiger partial charge on any atom is -0.478 e. The van der Waals surface area contributed by atoms with Crippen LogP contribution in [0.15, 0.2) is 79.0 Å². The zero-order chi connectivity index (χ0) is 20.9. The second-order valence-corrected chi connectivity index (χ2v) is 8.62. The van der Waals surface area contributed by atoms with Crippen LogP contribution in [-0.4, -0.2) is 21.8 Å². The molecule has 152 valence electrons. The summed E-state index contributed by atoms with van der Waals surface area (Å²) in [4.78, 5) is 14.8. The Kier molecular flexibility index (Phi) is 6.10. The van der Waals surface area contributed by atoms with Crippen LogP contribution < -0.4 is 5.73 Å². The number of hydrogen-bond acceptors (Lipinski definition) is 3. The molecule has 1 heterocycles. The van der Waals surface area contributed by atoms with Crippen LogP contribution in [0.2, 0.25) is 0 Å². The maximum atomic E-state index is 11.5. The summed E-state index contributed by atoms with van der Waals surface area (Å²) in [7, 11) is 0. The van der Waals surface area contributed by atoms with Gasteiger partial charge in [-0.1, -0.05) is 48.5 Å². The van der Waals surface area contributed by atoms with Gasteiger partial charge in [-0.15, -0.1) is 0 Å². The van der Waals surface area contributed by atoms with Crippen LogP contribution in [0, 0.1) is 0 Å². The van der Waals surface area contributed by atoms with Crippen molar-refractivity contribution in [1.82, 2.24) is 4.98 Å². The van der Waals surface area contributed by atoms with E-state index in [-0.39, 0.29) is 5.25 Å². The molecule has 0 aliphatic heterocycles. The van der Waals surface area contributed by atoms with Crippen molar-refractivity contribution in [3.8, 4) is 0 Å². The fourth-order valence-electron chi connectivity index (χ4n) is 3.68. The Morgan fingerprint density at radius 1 is 1.03 bits per heavy atom. The van der Waals surface area contributed by atoms with Crippen molar-refractivity contribution in [1.29, 1.82) is 0 Å². The van der Waals surface area contributed by atoms with Gasteiger partial charge in [-0.05, 0) is 59.6 Å². The third-order valence-electron chi connectivity index (χ3n) is 5.32. The number of aromatic amines is 1. The van der Waals surface area contributed by atoms with Gasteiger partial charge in [-0.2, -0.15) is 11.8 Å². The molecule has 4 nitrogen and oxygen atoms in total. The standard InChI is InChI=1S/C25H24N2O2S/c26-22-9-5-4-8-18(22)15-24(30-13-12-17-6-2-1-3-7-17)21-16-27-23-11-10-19(25(28)29)14-20(21)23/h1-11,14,16,24,27H,12-13,15,26H2,(H,28,29). The molecule has 0 radical (unpaired) electrons. The molecule has 0 aliphatic carbocycles. The summed E-state index contributed by atoms with van der Waals surface area (Å²) in [6.45, 7) is 0. The highest BCUT2D eigenvalue weighted by atomic mass is 32.2. The molecule has 3 aromatic carbocycles. The molecule has 0 saturated carbocycles. The van der Waals surface area contributed by atoms with E-state index in [2.05, 4.69) is 35.3 Å². The zero-order valence-corrected chi connectivity index (χ0v) is 17.4. The highest BCUT2D eigenvalue weighted by molar-refractivity contribution is 7.99. The number of nitrogen functional groups attached to an aromatic ring is 1. The topological polar surface area (TPSA) is 79.1 Å². The van der Waals surface area contributed by atoms with E-state index in [9.17, 15) is 9.90 Å². The third-order valence-corrected chi connectivity index (χ3v) is 6.58. The Labute approximate surface area is 180 Å². The van der Waals surface area contributed by atoms with Gasteiger partial charge in [0.25, 0.3) is 0 Å². The van der Waals surface area contributed by atoms with Gasteiger partial charge in [-0.3, -0.25) is 0 Å². The van der Waals surface area contributed by atoms with Crippen LogP contribution in [0.4, 0.5) is 5.69 Å². The number of para-hydroxylation sites is 1. The smallest absolute Gasteiger partial charge is 0.335 e. The lowest BCUT2D eigenvalue weighted by molar-refractivity contribution is 0.0697. The van der Waals surface area contributed by atoms with Crippen LogP contribution in [0.5, 0.6) is 0 Å². The number of hydrogen-bond donors (Lipinski definition) is 3. The summed E-state index contributed by atoms with van der Waals surface area (Å²) in [5.41, 5.74) is 11.8. The minimum absolute atomic E-state index is 0.163. The SMILES string of the molecule is Nc1ccccc1CC(SCCc1ccccc1)c1c[nH]c2ccc(C(=O)O)cc12. The number of benzene rings is 3. The number of aromatic nitrogens is 1. The van der Waals surface area contributed by atoms with Gasteiger partial charge in [-0.25, -0.2) is 4.79 Å². The second-order valence-electron chi connectivity index (χ2n) is 7.31. The van der Waals surface area contributed by atoms with Gasteiger partial charge in [0.15, 0.2) is 0 Å². The largest absolute Gasteiger partial charge is 0.478 e. The van der Waals surface area contributed by atoms with Gasteiger partial charge >= 0.3 is 5.97 Å². The zero-order valence-electron chi connectivity index (χ0n) is 16.5. The average Bonchev–Trinajstić information content (AvgIpc) is 3.18. The quantitative estimate of drug-likeness (QED) is 0.322. The van der Waals surface area contributed by atoms with Crippen molar-refractivity contribution in [2.75, 3.05) is 11.5 Å². The van der Waals surface area contributed by atoms with Crippen LogP contribution >= 0.6 is 11.8 Å². The molecule has 5 heteroatoms. The van der Waals surface area contributed by atoms with Crippen LogP contribution in [0.1, 0.15) is 32.3 Å². The van der Waals surface area contributed by atoms with E-state index in [1.165, 1.54) is 5.56 Å². The number of carboxylic acids is 1. The average molecular weight is 417 g/mol. The van der Waals surface area contributed by atoms with Gasteiger partial charge in [0.2, 0.25) is 0 Å². The molecule has 1 atom stereocenters. The second kappa shape index (κ2) is 9.09. The Hall–Kier alpha value is -3.18. The summed E-state index contributed by atoms with van der Waals surface area (Å²) in [6, 6.07) is 23.6. The predicted molar refractivity (Wildman–Crippen MR) is 125 cm³/mol. The summed E-state index contributed by atoms with van der Waals surface area (Å²) in [5, 5.41) is 10.5. The fourth-order valence-corrected chi connectivity index (χ4v) is 4.99. The van der Waals surface area contributed by atoms with Crippen molar-refractivity contribution in [3.05, 3.63) is 101 Å². The first-order valence-corrected chi connectivity index (χ1v) is 11.0. The number of rotatable bonds is 8. The normalized spacial score (nSPS) is 12.1. The summed E-state index contributed by atoms with van der Waals surface area (Å²) >= 11 is 1.88. The molecule has 4 aromatic rings. The van der Waals surface area contributed by atoms with Crippen LogP contribution in [0.25, 0.3) is 10.9 Å². The van der Waals surface area contributed by atoms with Crippen molar-refractivity contribution in [2.45, 2.75) is 18.1 Å². The molecular weight excluding hydrogens is 392 g/mol. The minimum atomic E-state index is -0.912. The van der Waals surface area contributed by atoms with Gasteiger partial charge < -0.3 is 15.8 Å². The monoisotopic (exact) mass is 416 g/mol. The Morgan fingerprint density at radius 3 is 2.57 bits per heavy atom. The first-order chi connectivity index (χ1) is 14.6. The number of anilines is 1. The van der Waals surface area contributed by atoms with Gasteiger partial charge in [0, 0.05) is 28.0 Å². The van der Waals surface area contributed by atoms with Crippen molar-refractivity contribution < 1.29 is 9.90 Å². The first kappa shape index (κ1) is 20.1. The number of aryl methyl sites for hydroxylation is 1. The van der Waals surface area contributed by atoms with Gasteiger partial charge in [0.05, 0.1) is 5.56 Å². The molecule has 4 N–H and O–H groups in total. The lowest BCUT2D eigenvalue weighted by Gasteiger charge is -2.18. The molecule has 0 saturated heterocycles. The fraction of sp³-hybridized carbons (Fsp3) is 0.160. The molecule has 0 amide bonds. The van der Waals surface area contributed by atoms with Crippen LogP contribution in [-0.2, 0) is 12.8 Å². The molecular formula is C25H24N2O2S. The van der Waals surface area contributed by atoms with E-state index < -0.39 is 5.97 Å². The lowest BCUT2D eigenvalue weighted by atomic mass is 10.0. The van der Waals surface area contributed by atoms with E-state index in [4.69, 9.17) is 5.73 Å². The molecule has 30 heavy (non-hydrogen) atoms. The Balaban J connectivity index is 1.64.